The van der Waals surface area contributed by atoms with Crippen molar-refractivity contribution in [2.45, 2.75) is 19.9 Å². The Hall–Kier alpha value is -3.69. The molecular weight excluding hydrogens is 552 g/mol. The maximum Gasteiger partial charge on any atom is 0.271 e. The maximum atomic E-state index is 13.8. The minimum atomic E-state index is -0.622. The number of hydrogen-bond donors (Lipinski definition) is 1. The van der Waals surface area contributed by atoms with Crippen molar-refractivity contribution in [1.82, 2.24) is 4.57 Å². The highest BCUT2D eigenvalue weighted by molar-refractivity contribution is 9.10. The zero-order valence-electron chi connectivity index (χ0n) is 20.8. The van der Waals surface area contributed by atoms with Crippen molar-refractivity contribution < 1.29 is 9.21 Å². The average Bonchev–Trinajstić information content (AvgIpc) is 3.38. The van der Waals surface area contributed by atoms with E-state index in [0.29, 0.717) is 37.9 Å². The Morgan fingerprint density at radius 1 is 1.14 bits per heavy atom. The molecule has 2 aromatic heterocycles. The standard InChI is InChI=1S/C28H25BrN4O3S/c1-16-10-12-18(13-11-16)24-23(25(34)31-19-8-6-5-7-9-19)17(2)30-28-33(24)26(35)22(37-28)15-20-14-21(29)27(36-20)32(3)4/h5-15,24H,1-4H3,(H,31,34)/b22-15+/t24-/m1/s1. The number of carbonyl (C=O) groups excluding carboxylic acids is 1. The number of furan rings is 1. The van der Waals surface area contributed by atoms with Gasteiger partial charge in [0.1, 0.15) is 5.76 Å². The van der Waals surface area contributed by atoms with E-state index in [-0.39, 0.29) is 11.5 Å². The fourth-order valence-electron chi connectivity index (χ4n) is 4.28. The number of aryl methyl sites for hydroxylation is 1. The van der Waals surface area contributed by atoms with Crippen molar-refractivity contribution in [1.29, 1.82) is 0 Å². The molecular formula is C28H25BrN4O3S. The van der Waals surface area contributed by atoms with Crippen LogP contribution >= 0.6 is 27.3 Å². The molecule has 3 heterocycles. The number of halogens is 1. The van der Waals surface area contributed by atoms with E-state index in [9.17, 15) is 9.59 Å². The van der Waals surface area contributed by atoms with E-state index < -0.39 is 6.04 Å². The van der Waals surface area contributed by atoms with Gasteiger partial charge in [0.25, 0.3) is 11.5 Å². The molecule has 0 fully saturated rings. The Bertz CT molecular complexity index is 1700. The third-order valence-electron chi connectivity index (χ3n) is 6.06. The lowest BCUT2D eigenvalue weighted by Crippen LogP contribution is -2.40. The van der Waals surface area contributed by atoms with Gasteiger partial charge in [-0.3, -0.25) is 14.2 Å². The first-order chi connectivity index (χ1) is 17.7. The van der Waals surface area contributed by atoms with Gasteiger partial charge in [0.2, 0.25) is 5.88 Å². The van der Waals surface area contributed by atoms with E-state index in [4.69, 9.17) is 4.42 Å². The predicted molar refractivity (Wildman–Crippen MR) is 151 cm³/mol. The SMILES string of the molecule is CC1=C(C(=O)Nc2ccccc2)[C@@H](c2ccc(C)cc2)n2c(s/c(=C/c3cc(Br)c(N(C)C)o3)c2=O)=N1. The third kappa shape index (κ3) is 4.84. The van der Waals surface area contributed by atoms with Crippen LogP contribution in [0.1, 0.15) is 29.9 Å². The van der Waals surface area contributed by atoms with Gasteiger partial charge in [-0.05, 0) is 47.5 Å². The number of aromatic nitrogens is 1. The number of para-hydroxylation sites is 1. The molecule has 1 aliphatic rings. The molecule has 37 heavy (non-hydrogen) atoms. The van der Waals surface area contributed by atoms with Gasteiger partial charge < -0.3 is 14.6 Å². The molecule has 2 aromatic carbocycles. The van der Waals surface area contributed by atoms with Gasteiger partial charge in [-0.1, -0.05) is 59.4 Å². The fourth-order valence-corrected chi connectivity index (χ4v) is 5.97. The van der Waals surface area contributed by atoms with Crippen LogP contribution in [0.5, 0.6) is 0 Å². The number of allylic oxidation sites excluding steroid dienone is 1. The van der Waals surface area contributed by atoms with Crippen molar-refractivity contribution in [2.75, 3.05) is 24.3 Å². The predicted octanol–water partition coefficient (Wildman–Crippen LogP) is 4.60. The third-order valence-corrected chi connectivity index (χ3v) is 7.61. The summed E-state index contributed by atoms with van der Waals surface area (Å²) in [6.45, 7) is 3.81. The topological polar surface area (TPSA) is 79.8 Å². The second-order valence-corrected chi connectivity index (χ2v) is 10.9. The molecule has 1 N–H and O–H groups in total. The highest BCUT2D eigenvalue weighted by Gasteiger charge is 2.32. The summed E-state index contributed by atoms with van der Waals surface area (Å²) in [5.74, 6) is 0.913. The van der Waals surface area contributed by atoms with Crippen LogP contribution in [0.15, 0.2) is 90.6 Å². The van der Waals surface area contributed by atoms with E-state index in [2.05, 4.69) is 26.2 Å². The van der Waals surface area contributed by atoms with Crippen molar-refractivity contribution >= 4 is 50.8 Å². The molecule has 0 saturated carbocycles. The number of amides is 1. The number of nitrogens with one attached hydrogen (secondary N) is 1. The Morgan fingerprint density at radius 2 is 1.84 bits per heavy atom. The molecule has 188 valence electrons. The van der Waals surface area contributed by atoms with E-state index in [1.54, 1.807) is 10.6 Å². The number of carbonyl (C=O) groups is 1. The summed E-state index contributed by atoms with van der Waals surface area (Å²) in [5, 5.41) is 2.97. The van der Waals surface area contributed by atoms with Gasteiger partial charge in [-0.25, -0.2) is 4.99 Å². The van der Waals surface area contributed by atoms with Crippen LogP contribution in [-0.4, -0.2) is 24.6 Å². The maximum absolute atomic E-state index is 13.8. The second kappa shape index (κ2) is 9.99. The van der Waals surface area contributed by atoms with Crippen LogP contribution in [-0.2, 0) is 4.79 Å². The van der Waals surface area contributed by atoms with Crippen molar-refractivity contribution in [3.05, 3.63) is 113 Å². The molecule has 0 saturated heterocycles. The number of anilines is 2. The number of nitrogens with zero attached hydrogens (tertiary/aromatic N) is 3. The average molecular weight is 578 g/mol. The summed E-state index contributed by atoms with van der Waals surface area (Å²) in [6, 6.07) is 18.3. The van der Waals surface area contributed by atoms with Crippen LogP contribution in [0.3, 0.4) is 0 Å². The summed E-state index contributed by atoms with van der Waals surface area (Å²) in [4.78, 5) is 34.4. The smallest absolute Gasteiger partial charge is 0.271 e. The monoisotopic (exact) mass is 576 g/mol. The summed E-state index contributed by atoms with van der Waals surface area (Å²) in [6.07, 6.45) is 1.72. The summed E-state index contributed by atoms with van der Waals surface area (Å²) in [7, 11) is 3.77. The zero-order chi connectivity index (χ0) is 26.3. The highest BCUT2D eigenvalue weighted by atomic mass is 79.9. The van der Waals surface area contributed by atoms with Gasteiger partial charge in [0.05, 0.1) is 26.3 Å². The Kier molecular flexibility index (Phi) is 6.74. The first-order valence-corrected chi connectivity index (χ1v) is 13.3. The number of fused-ring (bicyclic) bond motifs is 1. The molecule has 0 unspecified atom stereocenters. The molecule has 0 radical (unpaired) electrons. The largest absolute Gasteiger partial charge is 0.440 e. The van der Waals surface area contributed by atoms with Gasteiger partial charge >= 0.3 is 0 Å². The molecule has 1 aliphatic heterocycles. The number of benzene rings is 2. The molecule has 1 atom stereocenters. The quantitative estimate of drug-likeness (QED) is 0.376. The van der Waals surface area contributed by atoms with E-state index in [1.165, 1.54) is 11.3 Å². The zero-order valence-corrected chi connectivity index (χ0v) is 23.2. The van der Waals surface area contributed by atoms with Crippen molar-refractivity contribution in [3.63, 3.8) is 0 Å². The summed E-state index contributed by atoms with van der Waals surface area (Å²) in [5.41, 5.74) is 3.37. The molecule has 7 nitrogen and oxygen atoms in total. The molecule has 0 bridgehead atoms. The number of hydrogen-bond acceptors (Lipinski definition) is 6. The summed E-state index contributed by atoms with van der Waals surface area (Å²) < 4.78 is 8.79. The van der Waals surface area contributed by atoms with Crippen LogP contribution in [0, 0.1) is 6.92 Å². The van der Waals surface area contributed by atoms with E-state index in [1.807, 2.05) is 93.5 Å². The van der Waals surface area contributed by atoms with E-state index >= 15 is 0 Å². The number of thiazole rings is 1. The van der Waals surface area contributed by atoms with Crippen LogP contribution in [0.2, 0.25) is 0 Å². The van der Waals surface area contributed by atoms with Crippen LogP contribution in [0.4, 0.5) is 11.6 Å². The molecule has 0 spiro atoms. The molecule has 9 heteroatoms. The van der Waals surface area contributed by atoms with Crippen molar-refractivity contribution in [2.24, 2.45) is 4.99 Å². The lowest BCUT2D eigenvalue weighted by molar-refractivity contribution is -0.113. The lowest BCUT2D eigenvalue weighted by atomic mass is 9.94. The second-order valence-electron chi connectivity index (χ2n) is 9.01. The highest BCUT2D eigenvalue weighted by Crippen LogP contribution is 2.31. The van der Waals surface area contributed by atoms with Gasteiger partial charge in [-0.2, -0.15) is 0 Å². The lowest BCUT2D eigenvalue weighted by Gasteiger charge is -2.25. The first-order valence-electron chi connectivity index (χ1n) is 11.6. The number of rotatable bonds is 5. The summed E-state index contributed by atoms with van der Waals surface area (Å²) >= 11 is 4.78. The Morgan fingerprint density at radius 3 is 2.49 bits per heavy atom. The van der Waals surface area contributed by atoms with Gasteiger partial charge in [-0.15, -0.1) is 0 Å². The normalized spacial score (nSPS) is 15.4. The minimum absolute atomic E-state index is 0.231. The Labute approximate surface area is 226 Å². The molecule has 0 aliphatic carbocycles. The minimum Gasteiger partial charge on any atom is -0.440 e. The fraction of sp³-hybridized carbons (Fsp3) is 0.179. The van der Waals surface area contributed by atoms with E-state index in [0.717, 1.165) is 15.6 Å². The van der Waals surface area contributed by atoms with Crippen LogP contribution < -0.4 is 25.1 Å². The van der Waals surface area contributed by atoms with Crippen molar-refractivity contribution in [3.8, 4) is 0 Å². The van der Waals surface area contributed by atoms with Gasteiger partial charge in [0, 0.05) is 31.9 Å². The Balaban J connectivity index is 1.66. The molecule has 5 rings (SSSR count). The van der Waals surface area contributed by atoms with Gasteiger partial charge in [0.15, 0.2) is 4.80 Å². The molecule has 1 amide bonds. The van der Waals surface area contributed by atoms with Crippen LogP contribution in [0.25, 0.3) is 6.08 Å². The first kappa shape index (κ1) is 25.0. The molecule has 4 aromatic rings.